The molecule has 0 saturated heterocycles. The number of furan rings is 1. The smallest absolute Gasteiger partial charge is 0.0974 e. The van der Waals surface area contributed by atoms with Gasteiger partial charge in [-0.25, -0.2) is 0 Å². The predicted octanol–water partition coefficient (Wildman–Crippen LogP) is 2.31. The lowest BCUT2D eigenvalue weighted by Crippen LogP contribution is -1.54. The summed E-state index contributed by atoms with van der Waals surface area (Å²) < 4.78 is 4.82. The molecule has 1 heteroatoms. The molecule has 1 rings (SSSR count). The van der Waals surface area contributed by atoms with Crippen LogP contribution in [0.15, 0.2) is 29.1 Å². The summed E-state index contributed by atoms with van der Waals surface area (Å²) >= 11 is 0. The Hall–Kier alpha value is -0.980. The van der Waals surface area contributed by atoms with Crippen LogP contribution < -0.4 is 0 Å². The van der Waals surface area contributed by atoms with Crippen molar-refractivity contribution < 1.29 is 4.42 Å². The van der Waals surface area contributed by atoms with Gasteiger partial charge in [-0.2, -0.15) is 0 Å². The van der Waals surface area contributed by atoms with Crippen LogP contribution in [0, 0.1) is 0 Å². The molecule has 42 valence electrons. The second-order valence-electron chi connectivity index (χ2n) is 1.56. The van der Waals surface area contributed by atoms with E-state index in [0.29, 0.717) is 0 Å². The molecule has 0 radical (unpaired) electrons. The fourth-order valence-corrected chi connectivity index (χ4v) is 0.562. The van der Waals surface area contributed by atoms with Gasteiger partial charge in [0.2, 0.25) is 0 Å². The highest BCUT2D eigenvalue weighted by molar-refractivity contribution is 5.46. The van der Waals surface area contributed by atoms with E-state index in [1.807, 2.05) is 25.1 Å². The largest absolute Gasteiger partial charge is 0.472 e. The quantitative estimate of drug-likeness (QED) is 0.538. The maximum atomic E-state index is 4.82. The molecule has 0 unspecified atom stereocenters. The topological polar surface area (TPSA) is 13.1 Å². The zero-order valence-corrected chi connectivity index (χ0v) is 4.79. The van der Waals surface area contributed by atoms with Crippen LogP contribution in [-0.4, -0.2) is 0 Å². The van der Waals surface area contributed by atoms with Crippen molar-refractivity contribution in [3.63, 3.8) is 0 Å². The summed E-state index contributed by atoms with van der Waals surface area (Å²) in [6.07, 6.45) is 7.34. The average Bonchev–Trinajstić information content (AvgIpc) is 2.19. The van der Waals surface area contributed by atoms with Crippen molar-refractivity contribution in [2.75, 3.05) is 0 Å². The number of allylic oxidation sites excluding steroid dienone is 1. The van der Waals surface area contributed by atoms with Gasteiger partial charge in [-0.1, -0.05) is 12.2 Å². The highest BCUT2D eigenvalue weighted by Gasteiger charge is 1.81. The standard InChI is InChI=1S/C7H8O/c1-2-3-7-4-5-8-6-7/h2-6H,1H3/b3-2-. The number of rotatable bonds is 1. The second kappa shape index (κ2) is 2.36. The van der Waals surface area contributed by atoms with Gasteiger partial charge in [0.25, 0.3) is 0 Å². The van der Waals surface area contributed by atoms with Crippen LogP contribution in [0.2, 0.25) is 0 Å². The van der Waals surface area contributed by atoms with E-state index >= 15 is 0 Å². The molecule has 0 aliphatic rings. The molecule has 0 fully saturated rings. The number of hydrogen-bond donors (Lipinski definition) is 0. The van der Waals surface area contributed by atoms with Gasteiger partial charge < -0.3 is 4.42 Å². The molecule has 0 spiro atoms. The third-order valence-electron chi connectivity index (χ3n) is 0.902. The Bertz CT molecular complexity index is 161. The van der Waals surface area contributed by atoms with E-state index in [1.54, 1.807) is 12.5 Å². The summed E-state index contributed by atoms with van der Waals surface area (Å²) in [7, 11) is 0. The lowest BCUT2D eigenvalue weighted by Gasteiger charge is -1.73. The Morgan fingerprint density at radius 2 is 2.50 bits per heavy atom. The Kier molecular flexibility index (Phi) is 1.52. The van der Waals surface area contributed by atoms with Gasteiger partial charge in [0, 0.05) is 5.56 Å². The highest BCUT2D eigenvalue weighted by atomic mass is 16.3. The molecule has 1 heterocycles. The van der Waals surface area contributed by atoms with Gasteiger partial charge in [-0.3, -0.25) is 0 Å². The Balaban J connectivity index is 2.77. The lowest BCUT2D eigenvalue weighted by molar-refractivity contribution is 0.567. The van der Waals surface area contributed by atoms with Crippen LogP contribution in [0.4, 0.5) is 0 Å². The molecule has 1 aromatic rings. The summed E-state index contributed by atoms with van der Waals surface area (Å²) in [5.41, 5.74) is 1.12. The highest BCUT2D eigenvalue weighted by Crippen LogP contribution is 2.00. The van der Waals surface area contributed by atoms with Gasteiger partial charge in [-0.05, 0) is 13.0 Å². The summed E-state index contributed by atoms with van der Waals surface area (Å²) in [5.74, 6) is 0. The molecular formula is C7H8O. The molecule has 0 amide bonds. The van der Waals surface area contributed by atoms with Gasteiger partial charge in [0.15, 0.2) is 0 Å². The van der Waals surface area contributed by atoms with E-state index in [9.17, 15) is 0 Å². The molecule has 1 aromatic heterocycles. The van der Waals surface area contributed by atoms with E-state index in [1.165, 1.54) is 0 Å². The van der Waals surface area contributed by atoms with Crippen molar-refractivity contribution >= 4 is 6.08 Å². The van der Waals surface area contributed by atoms with Crippen molar-refractivity contribution in [1.29, 1.82) is 0 Å². The van der Waals surface area contributed by atoms with Crippen LogP contribution in [0.5, 0.6) is 0 Å². The van der Waals surface area contributed by atoms with E-state index in [4.69, 9.17) is 4.42 Å². The van der Waals surface area contributed by atoms with Crippen molar-refractivity contribution in [3.05, 3.63) is 30.2 Å². The summed E-state index contributed by atoms with van der Waals surface area (Å²) in [4.78, 5) is 0. The minimum atomic E-state index is 1.12. The first kappa shape index (κ1) is 5.16. The summed E-state index contributed by atoms with van der Waals surface area (Å²) in [6, 6.07) is 1.92. The molecule has 1 nitrogen and oxygen atoms in total. The van der Waals surface area contributed by atoms with Crippen molar-refractivity contribution in [1.82, 2.24) is 0 Å². The second-order valence-corrected chi connectivity index (χ2v) is 1.56. The molecular weight excluding hydrogens is 100 g/mol. The van der Waals surface area contributed by atoms with E-state index in [0.717, 1.165) is 5.56 Å². The zero-order valence-electron chi connectivity index (χ0n) is 4.79. The van der Waals surface area contributed by atoms with Gasteiger partial charge in [0.05, 0.1) is 12.5 Å². The molecule has 0 atom stereocenters. The SMILES string of the molecule is C/C=C\c1ccoc1. The third-order valence-corrected chi connectivity index (χ3v) is 0.902. The van der Waals surface area contributed by atoms with Gasteiger partial charge in [0.1, 0.15) is 0 Å². The Labute approximate surface area is 48.6 Å². The molecule has 0 aromatic carbocycles. The molecule has 0 aliphatic carbocycles. The van der Waals surface area contributed by atoms with E-state index in [2.05, 4.69) is 0 Å². The predicted molar refractivity (Wildman–Crippen MR) is 33.4 cm³/mol. The molecule has 0 aliphatic heterocycles. The van der Waals surface area contributed by atoms with E-state index < -0.39 is 0 Å². The zero-order chi connectivity index (χ0) is 5.82. The van der Waals surface area contributed by atoms with E-state index in [-0.39, 0.29) is 0 Å². The van der Waals surface area contributed by atoms with Crippen LogP contribution in [0.1, 0.15) is 12.5 Å². The first-order valence-corrected chi connectivity index (χ1v) is 2.58. The first-order chi connectivity index (χ1) is 3.93. The van der Waals surface area contributed by atoms with Crippen molar-refractivity contribution in [2.45, 2.75) is 6.92 Å². The van der Waals surface area contributed by atoms with Crippen LogP contribution in [0.3, 0.4) is 0 Å². The summed E-state index contributed by atoms with van der Waals surface area (Å²) in [6.45, 7) is 1.98. The average molecular weight is 108 g/mol. The van der Waals surface area contributed by atoms with Crippen LogP contribution in [0.25, 0.3) is 6.08 Å². The number of hydrogen-bond acceptors (Lipinski definition) is 1. The Morgan fingerprint density at radius 1 is 1.62 bits per heavy atom. The van der Waals surface area contributed by atoms with Gasteiger partial charge >= 0.3 is 0 Å². The summed E-state index contributed by atoms with van der Waals surface area (Å²) in [5, 5.41) is 0. The van der Waals surface area contributed by atoms with Crippen molar-refractivity contribution in [3.8, 4) is 0 Å². The lowest BCUT2D eigenvalue weighted by atomic mass is 10.3. The fourth-order valence-electron chi connectivity index (χ4n) is 0.562. The molecule has 0 bridgehead atoms. The molecule has 0 saturated carbocycles. The minimum absolute atomic E-state index is 1.12. The Morgan fingerprint density at radius 3 is 3.00 bits per heavy atom. The molecule has 8 heavy (non-hydrogen) atoms. The first-order valence-electron chi connectivity index (χ1n) is 2.58. The maximum absolute atomic E-state index is 4.82. The van der Waals surface area contributed by atoms with Crippen LogP contribution >= 0.6 is 0 Å². The minimum Gasteiger partial charge on any atom is -0.472 e. The maximum Gasteiger partial charge on any atom is 0.0974 e. The monoisotopic (exact) mass is 108 g/mol. The fraction of sp³-hybridized carbons (Fsp3) is 0.143. The third kappa shape index (κ3) is 0.997. The van der Waals surface area contributed by atoms with Crippen LogP contribution in [-0.2, 0) is 0 Å². The van der Waals surface area contributed by atoms with Crippen molar-refractivity contribution in [2.24, 2.45) is 0 Å². The normalized spacial score (nSPS) is 10.6. The molecule has 0 N–H and O–H groups in total. The van der Waals surface area contributed by atoms with Gasteiger partial charge in [-0.15, -0.1) is 0 Å².